The van der Waals surface area contributed by atoms with Crippen molar-refractivity contribution in [1.29, 1.82) is 0 Å². The molecule has 5 nitrogen and oxygen atoms in total. The second-order valence-corrected chi connectivity index (χ2v) is 6.41. The van der Waals surface area contributed by atoms with Crippen LogP contribution >= 0.6 is 45.2 Å². The van der Waals surface area contributed by atoms with Gasteiger partial charge >= 0.3 is 11.9 Å². The lowest BCUT2D eigenvalue weighted by molar-refractivity contribution is 0.0646. The maximum Gasteiger partial charge on any atom is 0.345 e. The number of para-hydroxylation sites is 2. The number of hydrogen-bond donors (Lipinski definition) is 1. The quantitative estimate of drug-likeness (QED) is 0.336. The second-order valence-electron chi connectivity index (χ2n) is 4.17. The highest BCUT2D eigenvalue weighted by atomic mass is 127. The standard InChI is InChI=1S/C14H6I2O5/c15-6-5-7(17)12(16)11-10(6)13(18)20-8-3-1-2-4-9(8)21-14(11)19/h1-5,17H. The van der Waals surface area contributed by atoms with Crippen LogP contribution in [0.5, 0.6) is 17.2 Å². The molecule has 0 unspecified atom stereocenters. The zero-order valence-corrected chi connectivity index (χ0v) is 14.5. The van der Waals surface area contributed by atoms with Crippen molar-refractivity contribution in [3.63, 3.8) is 0 Å². The Bertz CT molecular complexity index is 785. The molecule has 2 aromatic rings. The maximum atomic E-state index is 12.3. The number of rotatable bonds is 0. The molecule has 0 atom stereocenters. The van der Waals surface area contributed by atoms with Crippen molar-refractivity contribution in [2.24, 2.45) is 0 Å². The minimum absolute atomic E-state index is 0.0134. The van der Waals surface area contributed by atoms with E-state index < -0.39 is 11.9 Å². The summed E-state index contributed by atoms with van der Waals surface area (Å²) in [5.74, 6) is -1.10. The minimum Gasteiger partial charge on any atom is -0.507 e. The summed E-state index contributed by atoms with van der Waals surface area (Å²) >= 11 is 3.67. The first-order chi connectivity index (χ1) is 9.99. The van der Waals surface area contributed by atoms with Gasteiger partial charge in [0.15, 0.2) is 11.5 Å². The third-order valence-electron chi connectivity index (χ3n) is 2.86. The summed E-state index contributed by atoms with van der Waals surface area (Å²) in [6.45, 7) is 0. The smallest absolute Gasteiger partial charge is 0.345 e. The van der Waals surface area contributed by atoms with Gasteiger partial charge in [0.25, 0.3) is 0 Å². The molecule has 1 aliphatic rings. The predicted octanol–water partition coefficient (Wildman–Crippen LogP) is 3.35. The van der Waals surface area contributed by atoms with E-state index in [-0.39, 0.29) is 31.9 Å². The molecule has 0 saturated carbocycles. The zero-order chi connectivity index (χ0) is 15.1. The predicted molar refractivity (Wildman–Crippen MR) is 89.9 cm³/mol. The molecule has 0 amide bonds. The number of esters is 2. The average Bonchev–Trinajstić information content (AvgIpc) is 2.42. The molecule has 3 rings (SSSR count). The fourth-order valence-electron chi connectivity index (χ4n) is 1.92. The molecule has 7 heteroatoms. The Morgan fingerprint density at radius 3 is 2.00 bits per heavy atom. The van der Waals surface area contributed by atoms with E-state index in [0.717, 1.165) is 0 Å². The zero-order valence-electron chi connectivity index (χ0n) is 10.2. The van der Waals surface area contributed by atoms with Crippen LogP contribution in [0.3, 0.4) is 0 Å². The van der Waals surface area contributed by atoms with Crippen LogP contribution in [-0.2, 0) is 0 Å². The fourth-order valence-corrected chi connectivity index (χ4v) is 3.36. The highest BCUT2D eigenvalue weighted by Gasteiger charge is 2.31. The van der Waals surface area contributed by atoms with Gasteiger partial charge in [-0.3, -0.25) is 0 Å². The summed E-state index contributed by atoms with van der Waals surface area (Å²) in [6, 6.07) is 7.83. The summed E-state index contributed by atoms with van der Waals surface area (Å²) in [7, 11) is 0. The van der Waals surface area contributed by atoms with E-state index in [9.17, 15) is 14.7 Å². The number of phenolic OH excluding ortho intramolecular Hbond substituents is 1. The number of benzene rings is 2. The van der Waals surface area contributed by atoms with Crippen LogP contribution in [0.15, 0.2) is 30.3 Å². The monoisotopic (exact) mass is 508 g/mol. The largest absolute Gasteiger partial charge is 0.507 e. The van der Waals surface area contributed by atoms with Gasteiger partial charge in [0.05, 0.1) is 14.7 Å². The second kappa shape index (κ2) is 5.44. The number of fused-ring (bicyclic) bond motifs is 2. The Hall–Kier alpha value is -1.36. The van der Waals surface area contributed by atoms with Crippen molar-refractivity contribution in [2.45, 2.75) is 0 Å². The van der Waals surface area contributed by atoms with E-state index in [1.165, 1.54) is 12.1 Å². The van der Waals surface area contributed by atoms with E-state index in [0.29, 0.717) is 3.57 Å². The van der Waals surface area contributed by atoms with Gasteiger partial charge in [-0.15, -0.1) is 0 Å². The normalized spacial score (nSPS) is 13.4. The summed E-state index contributed by atoms with van der Waals surface area (Å²) in [4.78, 5) is 24.7. The Morgan fingerprint density at radius 2 is 1.43 bits per heavy atom. The maximum absolute atomic E-state index is 12.3. The van der Waals surface area contributed by atoms with Crippen LogP contribution < -0.4 is 9.47 Å². The van der Waals surface area contributed by atoms with Crippen LogP contribution in [0.25, 0.3) is 0 Å². The van der Waals surface area contributed by atoms with Crippen LogP contribution in [0.2, 0.25) is 0 Å². The first-order valence-corrected chi connectivity index (χ1v) is 7.89. The van der Waals surface area contributed by atoms with E-state index in [2.05, 4.69) is 0 Å². The van der Waals surface area contributed by atoms with Crippen LogP contribution in [0.4, 0.5) is 0 Å². The van der Waals surface area contributed by atoms with Gasteiger partial charge in [0, 0.05) is 3.57 Å². The number of ether oxygens (including phenoxy) is 2. The molecule has 0 aromatic heterocycles. The minimum atomic E-state index is -0.702. The van der Waals surface area contributed by atoms with Crippen LogP contribution in [0, 0.1) is 7.14 Å². The van der Waals surface area contributed by atoms with Crippen molar-refractivity contribution in [2.75, 3.05) is 0 Å². The topological polar surface area (TPSA) is 72.8 Å². The number of halogens is 2. The molecular weight excluding hydrogens is 502 g/mol. The van der Waals surface area contributed by atoms with Gasteiger partial charge in [-0.1, -0.05) is 12.1 Å². The number of phenols is 1. The van der Waals surface area contributed by atoms with E-state index >= 15 is 0 Å². The lowest BCUT2D eigenvalue weighted by atomic mass is 10.1. The van der Waals surface area contributed by atoms with Gasteiger partial charge in [0.2, 0.25) is 0 Å². The SMILES string of the molecule is O=C1Oc2ccccc2OC(=O)c2c(I)c(O)cc(I)c21. The van der Waals surface area contributed by atoms with E-state index in [1.807, 2.05) is 22.6 Å². The molecule has 1 heterocycles. The molecule has 0 bridgehead atoms. The van der Waals surface area contributed by atoms with Crippen molar-refractivity contribution < 1.29 is 24.2 Å². The molecule has 106 valence electrons. The molecule has 1 aliphatic heterocycles. The van der Waals surface area contributed by atoms with Gasteiger partial charge in [0.1, 0.15) is 5.75 Å². The Labute approximate surface area is 146 Å². The number of carbonyl (C=O) groups excluding carboxylic acids is 2. The molecule has 21 heavy (non-hydrogen) atoms. The molecule has 0 spiro atoms. The molecule has 0 radical (unpaired) electrons. The van der Waals surface area contributed by atoms with Crippen molar-refractivity contribution in [3.8, 4) is 17.2 Å². The molecule has 0 fully saturated rings. The molecular formula is C14H6I2O5. The summed E-state index contributed by atoms with van der Waals surface area (Å²) < 4.78 is 11.2. The first kappa shape index (κ1) is 14.6. The third-order valence-corrected chi connectivity index (χ3v) is 4.80. The number of aromatic hydroxyl groups is 1. The first-order valence-electron chi connectivity index (χ1n) is 5.73. The average molecular weight is 508 g/mol. The van der Waals surface area contributed by atoms with Crippen LogP contribution in [0.1, 0.15) is 20.7 Å². The third kappa shape index (κ3) is 2.48. The lowest BCUT2D eigenvalue weighted by Crippen LogP contribution is -2.23. The van der Waals surface area contributed by atoms with Crippen LogP contribution in [-0.4, -0.2) is 17.0 Å². The summed E-state index contributed by atoms with van der Waals surface area (Å²) in [5, 5.41) is 9.85. The number of carbonyl (C=O) groups is 2. The molecule has 1 N–H and O–H groups in total. The van der Waals surface area contributed by atoms with E-state index in [4.69, 9.17) is 9.47 Å². The van der Waals surface area contributed by atoms with Gasteiger partial charge in [-0.25, -0.2) is 9.59 Å². The summed E-state index contributed by atoms with van der Waals surface area (Å²) in [6.07, 6.45) is 0. The lowest BCUT2D eigenvalue weighted by Gasteiger charge is -2.18. The van der Waals surface area contributed by atoms with Gasteiger partial charge in [-0.05, 0) is 63.4 Å². The highest BCUT2D eigenvalue weighted by molar-refractivity contribution is 14.1. The van der Waals surface area contributed by atoms with Crippen molar-refractivity contribution in [3.05, 3.63) is 48.6 Å². The molecule has 0 saturated heterocycles. The van der Waals surface area contributed by atoms with Gasteiger partial charge in [-0.2, -0.15) is 0 Å². The van der Waals surface area contributed by atoms with Crippen molar-refractivity contribution >= 4 is 57.1 Å². The Balaban J connectivity index is 2.26. The van der Waals surface area contributed by atoms with Crippen molar-refractivity contribution in [1.82, 2.24) is 0 Å². The van der Waals surface area contributed by atoms with E-state index in [1.54, 1.807) is 40.8 Å². The molecule has 0 aliphatic carbocycles. The number of hydrogen-bond acceptors (Lipinski definition) is 5. The fraction of sp³-hybridized carbons (Fsp3) is 0. The Kier molecular flexibility index (Phi) is 3.78. The summed E-state index contributed by atoms with van der Waals surface area (Å²) in [5.41, 5.74) is 0.108. The highest BCUT2D eigenvalue weighted by Crippen LogP contribution is 2.36. The molecule has 2 aromatic carbocycles. The van der Waals surface area contributed by atoms with Gasteiger partial charge < -0.3 is 14.6 Å². The Morgan fingerprint density at radius 1 is 0.905 bits per heavy atom.